The summed E-state index contributed by atoms with van der Waals surface area (Å²) < 4.78 is 0. The number of unbranched alkanes of at least 4 members (excludes halogenated alkanes) is 4. The molecular formula is C17H25N3. The Bertz CT molecular complexity index is 551. The van der Waals surface area contributed by atoms with Crippen molar-refractivity contribution in [2.45, 2.75) is 58.3 Å². The van der Waals surface area contributed by atoms with Crippen molar-refractivity contribution in [3.63, 3.8) is 0 Å². The molecule has 0 radical (unpaired) electrons. The Hall–Kier alpha value is -1.64. The molecule has 0 spiro atoms. The van der Waals surface area contributed by atoms with Crippen molar-refractivity contribution in [2.24, 2.45) is 0 Å². The second kappa shape index (κ2) is 7.22. The van der Waals surface area contributed by atoms with Gasteiger partial charge in [0.1, 0.15) is 11.6 Å². The first-order chi connectivity index (χ1) is 9.72. The molecule has 3 nitrogen and oxygen atoms in total. The van der Waals surface area contributed by atoms with E-state index in [0.29, 0.717) is 11.7 Å². The zero-order valence-electron chi connectivity index (χ0n) is 12.6. The fraction of sp³-hybridized carbons (Fsp3) is 0.529. The molecular weight excluding hydrogens is 246 g/mol. The largest absolute Gasteiger partial charge is 0.383 e. The lowest BCUT2D eigenvalue weighted by Crippen LogP contribution is -2.05. The van der Waals surface area contributed by atoms with Gasteiger partial charge in [0.2, 0.25) is 0 Å². The van der Waals surface area contributed by atoms with Crippen LogP contribution >= 0.6 is 0 Å². The van der Waals surface area contributed by atoms with Crippen LogP contribution in [0.25, 0.3) is 10.9 Å². The van der Waals surface area contributed by atoms with Crippen molar-refractivity contribution >= 4 is 16.7 Å². The monoisotopic (exact) mass is 271 g/mol. The average molecular weight is 271 g/mol. The minimum absolute atomic E-state index is 0.378. The molecule has 0 amide bonds. The molecule has 0 aliphatic carbocycles. The Kier molecular flexibility index (Phi) is 5.33. The summed E-state index contributed by atoms with van der Waals surface area (Å²) in [6.45, 7) is 4.44. The van der Waals surface area contributed by atoms with Gasteiger partial charge in [-0.2, -0.15) is 0 Å². The third kappa shape index (κ3) is 3.69. The Morgan fingerprint density at radius 1 is 1.05 bits per heavy atom. The van der Waals surface area contributed by atoms with Gasteiger partial charge in [0.25, 0.3) is 0 Å². The predicted molar refractivity (Wildman–Crippen MR) is 85.7 cm³/mol. The summed E-state index contributed by atoms with van der Waals surface area (Å²) in [5.41, 5.74) is 6.99. The fourth-order valence-corrected chi connectivity index (χ4v) is 2.52. The van der Waals surface area contributed by atoms with Crippen molar-refractivity contribution in [2.75, 3.05) is 5.73 Å². The molecule has 0 bridgehead atoms. The second-order valence-electron chi connectivity index (χ2n) is 5.59. The van der Waals surface area contributed by atoms with Crippen LogP contribution in [-0.2, 0) is 0 Å². The summed E-state index contributed by atoms with van der Waals surface area (Å²) in [7, 11) is 0. The van der Waals surface area contributed by atoms with E-state index in [1.807, 2.05) is 24.3 Å². The lowest BCUT2D eigenvalue weighted by Gasteiger charge is -2.12. The number of nitrogens with zero attached hydrogens (tertiary/aromatic N) is 2. The van der Waals surface area contributed by atoms with Gasteiger partial charge in [0.05, 0.1) is 5.52 Å². The van der Waals surface area contributed by atoms with Crippen molar-refractivity contribution in [3.05, 3.63) is 30.1 Å². The van der Waals surface area contributed by atoms with Crippen molar-refractivity contribution in [1.29, 1.82) is 0 Å². The number of fused-ring (bicyclic) bond motifs is 1. The lowest BCUT2D eigenvalue weighted by atomic mass is 10.0. The van der Waals surface area contributed by atoms with E-state index in [-0.39, 0.29) is 0 Å². The Morgan fingerprint density at radius 3 is 2.60 bits per heavy atom. The van der Waals surface area contributed by atoms with Gasteiger partial charge in [0, 0.05) is 11.3 Å². The number of aromatic nitrogens is 2. The number of nitrogens with two attached hydrogens (primary N) is 1. The van der Waals surface area contributed by atoms with Crippen LogP contribution in [0.15, 0.2) is 24.3 Å². The normalized spacial score (nSPS) is 12.7. The smallest absolute Gasteiger partial charge is 0.135 e. The van der Waals surface area contributed by atoms with Gasteiger partial charge in [-0.15, -0.1) is 0 Å². The number of para-hydroxylation sites is 1. The Morgan fingerprint density at radius 2 is 1.80 bits per heavy atom. The minimum Gasteiger partial charge on any atom is -0.383 e. The average Bonchev–Trinajstić information content (AvgIpc) is 2.47. The summed E-state index contributed by atoms with van der Waals surface area (Å²) in [6, 6.07) is 7.95. The third-order valence-corrected chi connectivity index (χ3v) is 3.83. The quantitative estimate of drug-likeness (QED) is 0.744. The number of rotatable bonds is 7. The van der Waals surface area contributed by atoms with Crippen molar-refractivity contribution in [1.82, 2.24) is 9.97 Å². The van der Waals surface area contributed by atoms with Crippen molar-refractivity contribution in [3.8, 4) is 0 Å². The van der Waals surface area contributed by atoms with Crippen LogP contribution < -0.4 is 5.73 Å². The first-order valence-electron chi connectivity index (χ1n) is 7.74. The Balaban J connectivity index is 2.01. The molecule has 2 aromatic rings. The molecule has 0 saturated carbocycles. The summed E-state index contributed by atoms with van der Waals surface area (Å²) in [6.07, 6.45) is 7.66. The van der Waals surface area contributed by atoms with E-state index in [4.69, 9.17) is 5.73 Å². The van der Waals surface area contributed by atoms with E-state index >= 15 is 0 Å². The van der Waals surface area contributed by atoms with E-state index in [0.717, 1.165) is 23.1 Å². The van der Waals surface area contributed by atoms with Gasteiger partial charge < -0.3 is 5.73 Å². The van der Waals surface area contributed by atoms with Crippen LogP contribution in [0.2, 0.25) is 0 Å². The standard InChI is InChI=1S/C17H25N3/c1-3-4-5-6-7-10-13(2)17-19-15-12-9-8-11-14(15)16(18)20-17/h8-9,11-13H,3-7,10H2,1-2H3,(H2,18,19,20). The number of nitrogen functional groups attached to an aromatic ring is 1. The van der Waals surface area contributed by atoms with Crippen LogP contribution in [0.4, 0.5) is 5.82 Å². The highest BCUT2D eigenvalue weighted by molar-refractivity contribution is 5.87. The fourth-order valence-electron chi connectivity index (χ4n) is 2.52. The number of benzene rings is 1. The molecule has 2 N–H and O–H groups in total. The molecule has 0 fully saturated rings. The molecule has 1 aromatic heterocycles. The maximum atomic E-state index is 6.04. The number of hydrogen-bond acceptors (Lipinski definition) is 3. The minimum atomic E-state index is 0.378. The SMILES string of the molecule is CCCCCCCC(C)c1nc(N)c2ccccc2n1. The zero-order chi connectivity index (χ0) is 14.4. The topological polar surface area (TPSA) is 51.8 Å². The van der Waals surface area contributed by atoms with Crippen LogP contribution in [-0.4, -0.2) is 9.97 Å². The molecule has 20 heavy (non-hydrogen) atoms. The van der Waals surface area contributed by atoms with Crippen LogP contribution in [0.5, 0.6) is 0 Å². The van der Waals surface area contributed by atoms with Crippen LogP contribution in [0.1, 0.15) is 64.1 Å². The highest BCUT2D eigenvalue weighted by Crippen LogP contribution is 2.24. The van der Waals surface area contributed by atoms with Gasteiger partial charge >= 0.3 is 0 Å². The molecule has 0 saturated heterocycles. The summed E-state index contributed by atoms with van der Waals surface area (Å²) >= 11 is 0. The number of anilines is 1. The molecule has 108 valence electrons. The van der Waals surface area contributed by atoms with Gasteiger partial charge in [0.15, 0.2) is 0 Å². The Labute approximate surface area is 121 Å². The molecule has 1 unspecified atom stereocenters. The van der Waals surface area contributed by atoms with E-state index < -0.39 is 0 Å². The summed E-state index contributed by atoms with van der Waals surface area (Å²) in [5, 5.41) is 0.950. The first kappa shape index (κ1) is 14.8. The third-order valence-electron chi connectivity index (χ3n) is 3.83. The predicted octanol–water partition coefficient (Wildman–Crippen LogP) is 4.68. The van der Waals surface area contributed by atoms with E-state index in [1.54, 1.807) is 0 Å². The zero-order valence-corrected chi connectivity index (χ0v) is 12.6. The van der Waals surface area contributed by atoms with Gasteiger partial charge in [-0.1, -0.05) is 58.1 Å². The summed E-state index contributed by atoms with van der Waals surface area (Å²) in [5.74, 6) is 1.86. The molecule has 2 rings (SSSR count). The lowest BCUT2D eigenvalue weighted by molar-refractivity contribution is 0.553. The maximum Gasteiger partial charge on any atom is 0.135 e. The highest BCUT2D eigenvalue weighted by Gasteiger charge is 2.11. The molecule has 1 atom stereocenters. The van der Waals surface area contributed by atoms with E-state index in [9.17, 15) is 0 Å². The second-order valence-corrected chi connectivity index (χ2v) is 5.59. The maximum absolute atomic E-state index is 6.04. The number of hydrogen-bond donors (Lipinski definition) is 1. The molecule has 0 aliphatic rings. The highest BCUT2D eigenvalue weighted by atomic mass is 14.9. The van der Waals surface area contributed by atoms with Gasteiger partial charge in [-0.25, -0.2) is 9.97 Å². The molecule has 1 aromatic carbocycles. The van der Waals surface area contributed by atoms with E-state index in [2.05, 4.69) is 23.8 Å². The summed E-state index contributed by atoms with van der Waals surface area (Å²) in [4.78, 5) is 9.14. The van der Waals surface area contributed by atoms with Crippen LogP contribution in [0, 0.1) is 0 Å². The molecule has 3 heteroatoms. The van der Waals surface area contributed by atoms with Gasteiger partial charge in [-0.05, 0) is 18.6 Å². The molecule has 1 heterocycles. The van der Waals surface area contributed by atoms with Crippen LogP contribution in [0.3, 0.4) is 0 Å². The van der Waals surface area contributed by atoms with Gasteiger partial charge in [-0.3, -0.25) is 0 Å². The molecule has 0 aliphatic heterocycles. The first-order valence-corrected chi connectivity index (χ1v) is 7.74. The van der Waals surface area contributed by atoms with Crippen molar-refractivity contribution < 1.29 is 0 Å². The van der Waals surface area contributed by atoms with E-state index in [1.165, 1.54) is 32.1 Å².